The lowest BCUT2D eigenvalue weighted by Gasteiger charge is -2.22. The van der Waals surface area contributed by atoms with Crippen molar-refractivity contribution < 1.29 is 9.21 Å². The molecular formula is C23H30N2O2. The summed E-state index contributed by atoms with van der Waals surface area (Å²) >= 11 is 0. The molecule has 0 aliphatic carbocycles. The van der Waals surface area contributed by atoms with E-state index < -0.39 is 0 Å². The van der Waals surface area contributed by atoms with Crippen molar-refractivity contribution in [1.82, 2.24) is 9.47 Å². The molecule has 4 heteroatoms. The van der Waals surface area contributed by atoms with Gasteiger partial charge in [0.15, 0.2) is 0 Å². The predicted molar refractivity (Wildman–Crippen MR) is 110 cm³/mol. The molecule has 2 heterocycles. The number of fused-ring (bicyclic) bond motifs is 1. The molecule has 0 saturated heterocycles. The number of carbonyl (C=O) groups excluding carboxylic acids is 1. The van der Waals surface area contributed by atoms with Crippen molar-refractivity contribution in [2.24, 2.45) is 7.05 Å². The van der Waals surface area contributed by atoms with E-state index in [2.05, 4.69) is 48.9 Å². The Morgan fingerprint density at radius 2 is 1.85 bits per heavy atom. The predicted octanol–water partition coefficient (Wildman–Crippen LogP) is 5.77. The number of amides is 1. The van der Waals surface area contributed by atoms with Crippen molar-refractivity contribution >= 4 is 16.8 Å². The van der Waals surface area contributed by atoms with Gasteiger partial charge in [0.1, 0.15) is 6.26 Å². The van der Waals surface area contributed by atoms with E-state index in [9.17, 15) is 4.79 Å². The molecule has 0 saturated carbocycles. The molecule has 1 aromatic carbocycles. The van der Waals surface area contributed by atoms with Gasteiger partial charge in [0.25, 0.3) is 5.91 Å². The first-order valence-electron chi connectivity index (χ1n) is 10.1. The van der Waals surface area contributed by atoms with Crippen molar-refractivity contribution in [2.45, 2.75) is 52.0 Å². The Labute approximate surface area is 161 Å². The van der Waals surface area contributed by atoms with Gasteiger partial charge in [-0.25, -0.2) is 0 Å². The molecule has 0 unspecified atom stereocenters. The Morgan fingerprint density at radius 1 is 1.07 bits per heavy atom. The topological polar surface area (TPSA) is 38.4 Å². The summed E-state index contributed by atoms with van der Waals surface area (Å²) in [4.78, 5) is 14.9. The number of nitrogens with zero attached hydrogens (tertiary/aromatic N) is 2. The standard InChI is InChI=1S/C23H30N2O2/c1-3-4-5-6-7-10-14-25(23(26)20-13-15-27-18-20)17-21-16-19-11-8-9-12-22(19)24(21)2/h8-9,11-13,15-16,18H,3-7,10,14,17H2,1-2H3. The normalized spacial score (nSPS) is 11.2. The summed E-state index contributed by atoms with van der Waals surface area (Å²) in [7, 11) is 2.07. The molecule has 0 radical (unpaired) electrons. The summed E-state index contributed by atoms with van der Waals surface area (Å²) in [6.07, 6.45) is 10.4. The minimum atomic E-state index is 0.0440. The molecular weight excluding hydrogens is 336 g/mol. The summed E-state index contributed by atoms with van der Waals surface area (Å²) in [5.41, 5.74) is 2.97. The van der Waals surface area contributed by atoms with Crippen molar-refractivity contribution in [1.29, 1.82) is 0 Å². The zero-order chi connectivity index (χ0) is 19.1. The average molecular weight is 367 g/mol. The summed E-state index contributed by atoms with van der Waals surface area (Å²) in [5.74, 6) is 0.0440. The highest BCUT2D eigenvalue weighted by Gasteiger charge is 2.18. The van der Waals surface area contributed by atoms with E-state index in [1.54, 1.807) is 12.3 Å². The molecule has 0 aliphatic heterocycles. The third kappa shape index (κ3) is 4.82. The zero-order valence-electron chi connectivity index (χ0n) is 16.5. The number of aryl methyl sites for hydroxylation is 1. The molecule has 0 spiro atoms. The highest BCUT2D eigenvalue weighted by atomic mass is 16.3. The van der Waals surface area contributed by atoms with Crippen LogP contribution in [0.4, 0.5) is 0 Å². The van der Waals surface area contributed by atoms with Crippen LogP contribution in [0.25, 0.3) is 10.9 Å². The van der Waals surface area contributed by atoms with Crippen molar-refractivity contribution in [3.63, 3.8) is 0 Å². The van der Waals surface area contributed by atoms with E-state index in [4.69, 9.17) is 4.42 Å². The van der Waals surface area contributed by atoms with Gasteiger partial charge in [-0.05, 0) is 30.0 Å². The first-order chi connectivity index (χ1) is 13.2. The van der Waals surface area contributed by atoms with Gasteiger partial charge < -0.3 is 13.9 Å². The number of hydrogen-bond donors (Lipinski definition) is 0. The number of unbranched alkanes of at least 4 members (excludes halogenated alkanes) is 5. The van der Waals surface area contributed by atoms with Gasteiger partial charge in [0.05, 0.1) is 18.4 Å². The van der Waals surface area contributed by atoms with Crippen LogP contribution >= 0.6 is 0 Å². The largest absolute Gasteiger partial charge is 0.472 e. The smallest absolute Gasteiger partial charge is 0.257 e. The quantitative estimate of drug-likeness (QED) is 0.427. The fourth-order valence-electron chi connectivity index (χ4n) is 3.60. The molecule has 0 N–H and O–H groups in total. The summed E-state index contributed by atoms with van der Waals surface area (Å²) in [6.45, 7) is 3.62. The van der Waals surface area contributed by atoms with Gasteiger partial charge in [-0.2, -0.15) is 0 Å². The van der Waals surface area contributed by atoms with E-state index in [1.165, 1.54) is 49.3 Å². The Balaban J connectivity index is 1.70. The number of para-hydroxylation sites is 1. The molecule has 0 aliphatic rings. The molecule has 0 fully saturated rings. The van der Waals surface area contributed by atoms with Crippen LogP contribution in [0.3, 0.4) is 0 Å². The Bertz CT molecular complexity index is 849. The fraction of sp³-hybridized carbons (Fsp3) is 0.435. The molecule has 27 heavy (non-hydrogen) atoms. The average Bonchev–Trinajstić information content (AvgIpc) is 3.32. The number of rotatable bonds is 10. The van der Waals surface area contributed by atoms with Gasteiger partial charge >= 0.3 is 0 Å². The van der Waals surface area contributed by atoms with Crippen molar-refractivity contribution in [2.75, 3.05) is 6.54 Å². The third-order valence-electron chi connectivity index (χ3n) is 5.24. The van der Waals surface area contributed by atoms with Gasteiger partial charge in [0, 0.05) is 24.8 Å². The Hall–Kier alpha value is -2.49. The molecule has 0 bridgehead atoms. The highest BCUT2D eigenvalue weighted by molar-refractivity contribution is 5.93. The summed E-state index contributed by atoms with van der Waals surface area (Å²) in [6, 6.07) is 12.3. The van der Waals surface area contributed by atoms with E-state index in [-0.39, 0.29) is 5.91 Å². The number of hydrogen-bond acceptors (Lipinski definition) is 2. The van der Waals surface area contributed by atoms with E-state index in [0.29, 0.717) is 12.1 Å². The van der Waals surface area contributed by atoms with Crippen LogP contribution in [-0.2, 0) is 13.6 Å². The molecule has 4 nitrogen and oxygen atoms in total. The van der Waals surface area contributed by atoms with E-state index in [1.807, 2.05) is 4.90 Å². The van der Waals surface area contributed by atoms with Gasteiger partial charge in [0.2, 0.25) is 0 Å². The maximum atomic E-state index is 13.0. The second-order valence-corrected chi connectivity index (χ2v) is 7.26. The van der Waals surface area contributed by atoms with E-state index >= 15 is 0 Å². The van der Waals surface area contributed by atoms with Crippen molar-refractivity contribution in [3.8, 4) is 0 Å². The van der Waals surface area contributed by atoms with Gasteiger partial charge in [-0.15, -0.1) is 0 Å². The van der Waals surface area contributed by atoms with Crippen LogP contribution in [0.15, 0.2) is 53.3 Å². The number of furan rings is 1. The van der Waals surface area contributed by atoms with Crippen molar-refractivity contribution in [3.05, 3.63) is 60.2 Å². The van der Waals surface area contributed by atoms with Gasteiger partial charge in [-0.1, -0.05) is 57.2 Å². The second kappa shape index (κ2) is 9.45. The third-order valence-corrected chi connectivity index (χ3v) is 5.24. The SMILES string of the molecule is CCCCCCCCN(Cc1cc2ccccc2n1C)C(=O)c1ccoc1. The first-order valence-corrected chi connectivity index (χ1v) is 10.1. The van der Waals surface area contributed by atoms with Crippen LogP contribution in [0.5, 0.6) is 0 Å². The lowest BCUT2D eigenvalue weighted by Crippen LogP contribution is -2.32. The van der Waals surface area contributed by atoms with Crippen LogP contribution in [0, 0.1) is 0 Å². The van der Waals surface area contributed by atoms with E-state index in [0.717, 1.165) is 18.7 Å². The fourth-order valence-corrected chi connectivity index (χ4v) is 3.60. The highest BCUT2D eigenvalue weighted by Crippen LogP contribution is 2.21. The lowest BCUT2D eigenvalue weighted by atomic mass is 10.1. The lowest BCUT2D eigenvalue weighted by molar-refractivity contribution is 0.0736. The minimum Gasteiger partial charge on any atom is -0.472 e. The molecule has 3 aromatic rings. The van der Waals surface area contributed by atoms with Crippen LogP contribution in [0.1, 0.15) is 61.5 Å². The van der Waals surface area contributed by atoms with Gasteiger partial charge in [-0.3, -0.25) is 4.79 Å². The molecule has 1 amide bonds. The zero-order valence-corrected chi connectivity index (χ0v) is 16.5. The maximum absolute atomic E-state index is 13.0. The number of benzene rings is 1. The maximum Gasteiger partial charge on any atom is 0.257 e. The monoisotopic (exact) mass is 366 g/mol. The number of carbonyl (C=O) groups is 1. The summed E-state index contributed by atoms with van der Waals surface area (Å²) in [5, 5.41) is 1.21. The van der Waals surface area contributed by atoms with Crippen LogP contribution < -0.4 is 0 Å². The molecule has 0 atom stereocenters. The Kier molecular flexibility index (Phi) is 6.74. The minimum absolute atomic E-state index is 0.0440. The second-order valence-electron chi connectivity index (χ2n) is 7.26. The first kappa shape index (κ1) is 19.3. The van der Waals surface area contributed by atoms with Crippen LogP contribution in [0.2, 0.25) is 0 Å². The molecule has 144 valence electrons. The van der Waals surface area contributed by atoms with Crippen LogP contribution in [-0.4, -0.2) is 21.9 Å². The Morgan fingerprint density at radius 3 is 2.59 bits per heavy atom. The molecule has 2 aromatic heterocycles. The molecule has 3 rings (SSSR count). The summed E-state index contributed by atoms with van der Waals surface area (Å²) < 4.78 is 7.31. The number of aromatic nitrogens is 1.